The second-order valence-corrected chi connectivity index (χ2v) is 9.93. The molecule has 0 saturated heterocycles. The second-order valence-electron chi connectivity index (χ2n) is 9.08. The summed E-state index contributed by atoms with van der Waals surface area (Å²) in [7, 11) is 6.08. The summed E-state index contributed by atoms with van der Waals surface area (Å²) in [6.45, 7) is -0.199. The molecule has 0 aromatic heterocycles. The minimum absolute atomic E-state index is 0.171. The summed E-state index contributed by atoms with van der Waals surface area (Å²) >= 11 is 1.34. The normalized spacial score (nSPS) is 14.0. The number of hydrogen-bond acceptors (Lipinski definition) is 11. The van der Waals surface area contributed by atoms with Crippen LogP contribution in [0, 0.1) is 0 Å². The van der Waals surface area contributed by atoms with Crippen molar-refractivity contribution in [2.24, 2.45) is 0 Å². The molecule has 4 rings (SSSR count). The zero-order valence-electron chi connectivity index (χ0n) is 23.3. The number of carbonyl (C=O) groups is 1. The lowest BCUT2D eigenvalue weighted by Gasteiger charge is -2.20. The van der Waals surface area contributed by atoms with E-state index in [1.165, 1.54) is 26.0 Å². The van der Waals surface area contributed by atoms with E-state index in [9.17, 15) is 9.59 Å². The van der Waals surface area contributed by atoms with Gasteiger partial charge in [-0.1, -0.05) is 12.1 Å². The van der Waals surface area contributed by atoms with Crippen molar-refractivity contribution in [3.05, 3.63) is 74.9 Å². The Bertz CT molecular complexity index is 1500. The Hall–Kier alpha value is -3.81. The van der Waals surface area contributed by atoms with Crippen molar-refractivity contribution in [1.82, 2.24) is 10.7 Å². The summed E-state index contributed by atoms with van der Waals surface area (Å²) in [5.41, 5.74) is 3.56. The quantitative estimate of drug-likeness (QED) is 0.231. The Morgan fingerprint density at radius 2 is 1.71 bits per heavy atom. The van der Waals surface area contributed by atoms with Crippen molar-refractivity contribution in [2.75, 3.05) is 34.7 Å². The maximum Gasteiger partial charge on any atom is 0.255 e. The van der Waals surface area contributed by atoms with Crippen molar-refractivity contribution in [3.63, 3.8) is 0 Å². The molecule has 41 heavy (non-hydrogen) atoms. The van der Waals surface area contributed by atoms with Gasteiger partial charge in [-0.05, 0) is 71.7 Å². The molecule has 218 valence electrons. The predicted molar refractivity (Wildman–Crippen MR) is 151 cm³/mol. The molecule has 3 aromatic rings. The van der Waals surface area contributed by atoms with Crippen LogP contribution < -0.4 is 29.7 Å². The van der Waals surface area contributed by atoms with E-state index in [2.05, 4.69) is 5.32 Å². The third kappa shape index (κ3) is 6.26. The van der Waals surface area contributed by atoms with Crippen molar-refractivity contribution in [1.29, 1.82) is 0 Å². The zero-order valence-corrected chi connectivity index (χ0v) is 24.2. The van der Waals surface area contributed by atoms with Gasteiger partial charge in [-0.3, -0.25) is 20.0 Å². The van der Waals surface area contributed by atoms with Gasteiger partial charge in [-0.25, -0.2) is 4.84 Å². The van der Waals surface area contributed by atoms with E-state index < -0.39 is 17.3 Å². The van der Waals surface area contributed by atoms with Crippen LogP contribution in [0.4, 0.5) is 0 Å². The Kier molecular flexibility index (Phi) is 9.73. The molecular weight excluding hydrogens is 552 g/mol. The van der Waals surface area contributed by atoms with Gasteiger partial charge in [0.2, 0.25) is 5.75 Å². The van der Waals surface area contributed by atoms with Crippen LogP contribution in [0.15, 0.2) is 52.2 Å². The number of carbonyl (C=O) groups excluding carboxylic acids is 1. The third-order valence-electron chi connectivity index (χ3n) is 6.88. The number of aryl methyl sites for hydroxylation is 1. The molecule has 0 radical (unpaired) electrons. The van der Waals surface area contributed by atoms with Gasteiger partial charge in [-0.2, -0.15) is 0 Å². The van der Waals surface area contributed by atoms with Gasteiger partial charge in [0, 0.05) is 5.56 Å². The lowest BCUT2D eigenvalue weighted by molar-refractivity contribution is -0.497. The lowest BCUT2D eigenvalue weighted by Crippen LogP contribution is -2.29. The standard InChI is InChI=1S/C29H32N2O9S/c1-36-23-10-6-16(15-40-31(34)35)12-20(23)29(33)30-21-9-7-17-13-24(37-2)27(38-3)28(39-4)26(17)18-8-11-25(41-5)22(32)14-19(18)21/h6,8,10-14,21,34-35H,7,9,15H2,1-5H3,(H,30,33)/t21-/m0/s1. The molecule has 3 aromatic carbocycles. The van der Waals surface area contributed by atoms with Gasteiger partial charge in [0.15, 0.2) is 16.9 Å². The smallest absolute Gasteiger partial charge is 0.255 e. The average Bonchev–Trinajstić information content (AvgIpc) is 3.22. The molecular formula is C29H32N2O9S. The lowest BCUT2D eigenvalue weighted by atomic mass is 9.95. The molecule has 0 fully saturated rings. The van der Waals surface area contributed by atoms with Crippen LogP contribution in [0.25, 0.3) is 11.1 Å². The molecule has 0 bridgehead atoms. The van der Waals surface area contributed by atoms with Crippen LogP contribution in [0.3, 0.4) is 0 Å². The third-order valence-corrected chi connectivity index (χ3v) is 7.66. The zero-order chi connectivity index (χ0) is 29.7. The van der Waals surface area contributed by atoms with Crippen molar-refractivity contribution in [2.45, 2.75) is 30.4 Å². The number of ether oxygens (including phenoxy) is 4. The first-order valence-electron chi connectivity index (χ1n) is 12.6. The SMILES string of the molecule is COc1ccc(CON(O)O)cc1C(=O)N[C@H]1CCc2cc(OC)c(OC)c(OC)c2-c2ccc(SC)c(=O)cc21. The molecule has 11 nitrogen and oxygen atoms in total. The van der Waals surface area contributed by atoms with Gasteiger partial charge in [-0.15, -0.1) is 11.8 Å². The van der Waals surface area contributed by atoms with E-state index in [4.69, 9.17) is 34.2 Å². The molecule has 0 aliphatic heterocycles. The average molecular weight is 585 g/mol. The van der Waals surface area contributed by atoms with Crippen molar-refractivity contribution < 1.29 is 39.0 Å². The number of hydrogen-bond donors (Lipinski definition) is 3. The summed E-state index contributed by atoms with van der Waals surface area (Å²) < 4.78 is 22.5. The molecule has 1 aliphatic carbocycles. The Labute approximate surface area is 241 Å². The van der Waals surface area contributed by atoms with Crippen LogP contribution in [0.5, 0.6) is 23.0 Å². The highest BCUT2D eigenvalue weighted by Crippen LogP contribution is 2.50. The summed E-state index contributed by atoms with van der Waals surface area (Å²) in [4.78, 5) is 32.2. The van der Waals surface area contributed by atoms with Gasteiger partial charge in [0.25, 0.3) is 5.91 Å². The number of rotatable bonds is 10. The highest BCUT2D eigenvalue weighted by molar-refractivity contribution is 7.98. The van der Waals surface area contributed by atoms with Gasteiger partial charge >= 0.3 is 0 Å². The molecule has 0 saturated carbocycles. The fourth-order valence-corrected chi connectivity index (χ4v) is 5.47. The summed E-state index contributed by atoms with van der Waals surface area (Å²) in [6.07, 6.45) is 2.84. The number of methoxy groups -OCH3 is 4. The highest BCUT2D eigenvalue weighted by atomic mass is 32.2. The largest absolute Gasteiger partial charge is 0.496 e. The summed E-state index contributed by atoms with van der Waals surface area (Å²) in [6, 6.07) is 11.3. The topological polar surface area (TPSA) is 136 Å². The van der Waals surface area contributed by atoms with Crippen LogP contribution in [-0.4, -0.2) is 56.4 Å². The second kappa shape index (κ2) is 13.2. The maximum atomic E-state index is 13.7. The van der Waals surface area contributed by atoms with Crippen LogP contribution in [-0.2, 0) is 17.9 Å². The first kappa shape index (κ1) is 30.2. The summed E-state index contributed by atoms with van der Waals surface area (Å²) in [5, 5.41) is 20.5. The molecule has 1 aliphatic rings. The van der Waals surface area contributed by atoms with Crippen LogP contribution >= 0.6 is 11.8 Å². The number of fused-ring (bicyclic) bond motifs is 3. The number of nitrogens with one attached hydrogen (secondary N) is 1. The Balaban J connectivity index is 1.85. The fourth-order valence-electron chi connectivity index (χ4n) is 5.01. The van der Waals surface area contributed by atoms with Crippen LogP contribution in [0.1, 0.15) is 39.5 Å². The van der Waals surface area contributed by atoms with Gasteiger partial charge in [0.1, 0.15) is 5.75 Å². The maximum absolute atomic E-state index is 13.7. The van der Waals surface area contributed by atoms with E-state index in [1.807, 2.05) is 18.4 Å². The summed E-state index contributed by atoms with van der Waals surface area (Å²) in [5.74, 6) is 1.28. The van der Waals surface area contributed by atoms with Gasteiger partial charge in [0.05, 0.1) is 56.9 Å². The number of amides is 1. The van der Waals surface area contributed by atoms with E-state index >= 15 is 0 Å². The number of benzene rings is 2. The minimum atomic E-state index is -0.559. The van der Waals surface area contributed by atoms with Crippen LogP contribution in [0.2, 0.25) is 0 Å². The van der Waals surface area contributed by atoms with E-state index in [0.29, 0.717) is 51.9 Å². The molecule has 0 unspecified atom stereocenters. The molecule has 1 amide bonds. The fraction of sp³-hybridized carbons (Fsp3) is 0.310. The van der Waals surface area contributed by atoms with Gasteiger partial charge < -0.3 is 24.3 Å². The van der Waals surface area contributed by atoms with E-state index in [-0.39, 0.29) is 17.6 Å². The molecule has 0 spiro atoms. The number of nitrogens with zero attached hydrogens (tertiary/aromatic N) is 1. The molecule has 0 heterocycles. The Morgan fingerprint density at radius 1 is 0.976 bits per heavy atom. The first-order chi connectivity index (χ1) is 19.8. The molecule has 3 N–H and O–H groups in total. The number of thioether (sulfide) groups is 1. The highest BCUT2D eigenvalue weighted by Gasteiger charge is 2.30. The van der Waals surface area contributed by atoms with Crippen molar-refractivity contribution >= 4 is 17.7 Å². The Morgan fingerprint density at radius 3 is 2.34 bits per heavy atom. The molecule has 12 heteroatoms. The van der Waals surface area contributed by atoms with E-state index in [1.54, 1.807) is 44.6 Å². The predicted octanol–water partition coefficient (Wildman–Crippen LogP) is 4.40. The minimum Gasteiger partial charge on any atom is -0.496 e. The first-order valence-corrected chi connectivity index (χ1v) is 13.8. The molecule has 1 atom stereocenters. The monoisotopic (exact) mass is 584 g/mol. The van der Waals surface area contributed by atoms with Crippen molar-refractivity contribution in [3.8, 4) is 34.1 Å². The van der Waals surface area contributed by atoms with E-state index in [0.717, 1.165) is 16.7 Å².